The molecule has 0 unspecified atom stereocenters. The second-order valence-corrected chi connectivity index (χ2v) is 6.21. The molecule has 1 fully saturated rings. The number of nitrogens with one attached hydrogen (secondary N) is 2. The van der Waals surface area contributed by atoms with Crippen molar-refractivity contribution < 1.29 is 13.9 Å². The summed E-state index contributed by atoms with van der Waals surface area (Å²) < 4.78 is 11.0. The minimum Gasteiger partial charge on any atom is -0.484 e. The van der Waals surface area contributed by atoms with Gasteiger partial charge in [-0.05, 0) is 62.6 Å². The molecule has 3 rings (SSSR count). The zero-order valence-electron chi connectivity index (χ0n) is 14.0. The molecule has 5 nitrogen and oxygen atoms in total. The molecule has 2 aromatic rings. The minimum atomic E-state index is -0.0426. The van der Waals surface area contributed by atoms with Gasteiger partial charge >= 0.3 is 0 Å². The lowest BCUT2D eigenvalue weighted by Crippen LogP contribution is -2.30. The first-order valence-electron chi connectivity index (χ1n) is 8.46. The van der Waals surface area contributed by atoms with E-state index in [0.29, 0.717) is 6.04 Å². The molecule has 0 saturated heterocycles. The Hall–Kier alpha value is -2.27. The van der Waals surface area contributed by atoms with Crippen LogP contribution in [0.5, 0.6) is 5.75 Å². The van der Waals surface area contributed by atoms with Gasteiger partial charge in [0.2, 0.25) is 0 Å². The van der Waals surface area contributed by atoms with Gasteiger partial charge in [0, 0.05) is 6.04 Å². The third kappa shape index (κ3) is 5.42. The fourth-order valence-corrected chi connectivity index (χ4v) is 2.42. The van der Waals surface area contributed by atoms with Crippen LogP contribution in [0, 0.1) is 6.92 Å². The molecule has 1 aliphatic carbocycles. The van der Waals surface area contributed by atoms with E-state index in [4.69, 9.17) is 9.15 Å². The number of carbonyl (C=O) groups is 1. The molecular weight excluding hydrogens is 304 g/mol. The largest absolute Gasteiger partial charge is 0.484 e. The van der Waals surface area contributed by atoms with Crippen molar-refractivity contribution in [3.63, 3.8) is 0 Å². The smallest absolute Gasteiger partial charge is 0.258 e. The zero-order valence-corrected chi connectivity index (χ0v) is 14.0. The second-order valence-electron chi connectivity index (χ2n) is 6.21. The van der Waals surface area contributed by atoms with E-state index in [0.717, 1.165) is 49.6 Å². The maximum atomic E-state index is 11.6. The van der Waals surface area contributed by atoms with Gasteiger partial charge in [0.05, 0.1) is 6.54 Å². The number of hydrogen-bond donors (Lipinski definition) is 2. The Morgan fingerprint density at radius 2 is 2.00 bits per heavy atom. The maximum absolute atomic E-state index is 11.6. The fraction of sp³-hybridized carbons (Fsp3) is 0.421. The van der Waals surface area contributed by atoms with Gasteiger partial charge in [-0.25, -0.2) is 0 Å². The molecule has 2 N–H and O–H groups in total. The highest BCUT2D eigenvalue weighted by Crippen LogP contribution is 2.18. The number of rotatable bonds is 9. The van der Waals surface area contributed by atoms with Crippen molar-refractivity contribution in [2.75, 3.05) is 13.2 Å². The molecule has 128 valence electrons. The molecule has 0 radical (unpaired) electrons. The Morgan fingerprint density at radius 3 is 2.67 bits per heavy atom. The first kappa shape index (κ1) is 16.6. The molecular formula is C19H24N2O3. The summed E-state index contributed by atoms with van der Waals surface area (Å²) in [5, 5.41) is 6.27. The van der Waals surface area contributed by atoms with Gasteiger partial charge < -0.3 is 19.8 Å². The average Bonchev–Trinajstić information content (AvgIpc) is 3.30. The van der Waals surface area contributed by atoms with E-state index >= 15 is 0 Å². The van der Waals surface area contributed by atoms with Crippen LogP contribution in [0.1, 0.15) is 29.9 Å². The van der Waals surface area contributed by atoms with Crippen LogP contribution in [0.3, 0.4) is 0 Å². The number of hydrogen-bond acceptors (Lipinski definition) is 4. The average molecular weight is 328 g/mol. The van der Waals surface area contributed by atoms with Crippen molar-refractivity contribution in [2.24, 2.45) is 0 Å². The Bertz CT molecular complexity index is 660. The van der Waals surface area contributed by atoms with Crippen LogP contribution < -0.4 is 15.4 Å². The van der Waals surface area contributed by atoms with Gasteiger partial charge in [-0.15, -0.1) is 0 Å². The van der Waals surface area contributed by atoms with Crippen molar-refractivity contribution in [3.05, 3.63) is 53.5 Å². The number of aryl methyl sites for hydroxylation is 1. The Labute approximate surface area is 142 Å². The molecule has 1 saturated carbocycles. The number of ether oxygens (including phenoxy) is 1. The number of furan rings is 1. The molecule has 0 atom stereocenters. The summed E-state index contributed by atoms with van der Waals surface area (Å²) >= 11 is 0. The summed E-state index contributed by atoms with van der Waals surface area (Å²) in [5.74, 6) is 2.58. The molecule has 5 heteroatoms. The van der Waals surface area contributed by atoms with E-state index in [1.54, 1.807) is 0 Å². The molecule has 1 aliphatic rings. The third-order valence-electron chi connectivity index (χ3n) is 3.92. The van der Waals surface area contributed by atoms with Crippen molar-refractivity contribution in [1.82, 2.24) is 10.6 Å². The van der Waals surface area contributed by atoms with Crippen molar-refractivity contribution in [3.8, 4) is 5.75 Å². The van der Waals surface area contributed by atoms with E-state index in [9.17, 15) is 4.79 Å². The van der Waals surface area contributed by atoms with E-state index < -0.39 is 0 Å². The van der Waals surface area contributed by atoms with Crippen molar-refractivity contribution in [1.29, 1.82) is 0 Å². The Morgan fingerprint density at radius 1 is 1.21 bits per heavy atom. The van der Waals surface area contributed by atoms with Gasteiger partial charge in [-0.2, -0.15) is 0 Å². The van der Waals surface area contributed by atoms with E-state index in [-0.39, 0.29) is 12.5 Å². The Balaban J connectivity index is 1.33. The predicted molar refractivity (Wildman–Crippen MR) is 92.0 cm³/mol. The normalized spacial score (nSPS) is 13.7. The van der Waals surface area contributed by atoms with Crippen LogP contribution in [-0.4, -0.2) is 25.1 Å². The Kier molecular flexibility index (Phi) is 5.54. The summed E-state index contributed by atoms with van der Waals surface area (Å²) in [7, 11) is 0. The van der Waals surface area contributed by atoms with Gasteiger partial charge in [0.15, 0.2) is 6.61 Å². The van der Waals surface area contributed by atoms with Gasteiger partial charge in [-0.1, -0.05) is 12.1 Å². The summed E-state index contributed by atoms with van der Waals surface area (Å²) in [6.45, 7) is 3.65. The first-order valence-corrected chi connectivity index (χ1v) is 8.46. The molecule has 0 aliphatic heterocycles. The second kappa shape index (κ2) is 8.02. The molecule has 1 aromatic heterocycles. The third-order valence-corrected chi connectivity index (χ3v) is 3.92. The van der Waals surface area contributed by atoms with Gasteiger partial charge in [-0.3, -0.25) is 4.79 Å². The summed E-state index contributed by atoms with van der Waals surface area (Å²) in [4.78, 5) is 11.6. The number of benzene rings is 1. The van der Waals surface area contributed by atoms with Crippen molar-refractivity contribution >= 4 is 5.91 Å². The van der Waals surface area contributed by atoms with Crippen LogP contribution in [0.4, 0.5) is 0 Å². The quantitative estimate of drug-likeness (QED) is 0.695. The van der Waals surface area contributed by atoms with Gasteiger partial charge in [0.25, 0.3) is 5.91 Å². The standard InChI is InChI=1S/C19H24N2O3/c1-14-2-7-18(24-14)12-20-11-10-15-3-8-17(9-4-15)23-13-19(22)21-16-5-6-16/h2-4,7-9,16,20H,5-6,10-13H2,1H3,(H,21,22). The number of carbonyl (C=O) groups excluding carboxylic acids is 1. The topological polar surface area (TPSA) is 63.5 Å². The highest BCUT2D eigenvalue weighted by atomic mass is 16.5. The lowest BCUT2D eigenvalue weighted by atomic mass is 10.1. The number of amides is 1. The summed E-state index contributed by atoms with van der Waals surface area (Å²) in [5.41, 5.74) is 1.23. The van der Waals surface area contributed by atoms with Crippen molar-refractivity contribution in [2.45, 2.75) is 38.8 Å². The molecule has 1 aromatic carbocycles. The SMILES string of the molecule is Cc1ccc(CNCCc2ccc(OCC(=O)NC3CC3)cc2)o1. The van der Waals surface area contributed by atoms with Crippen LogP contribution in [-0.2, 0) is 17.8 Å². The molecule has 0 spiro atoms. The van der Waals surface area contributed by atoms with Gasteiger partial charge in [0.1, 0.15) is 17.3 Å². The fourth-order valence-electron chi connectivity index (χ4n) is 2.42. The minimum absolute atomic E-state index is 0.0426. The highest BCUT2D eigenvalue weighted by Gasteiger charge is 2.23. The summed E-state index contributed by atoms with van der Waals surface area (Å²) in [6.07, 6.45) is 3.12. The molecule has 24 heavy (non-hydrogen) atoms. The first-order chi connectivity index (χ1) is 11.7. The van der Waals surface area contributed by atoms with E-state index in [1.807, 2.05) is 43.3 Å². The predicted octanol–water partition coefficient (Wildman–Crippen LogP) is 2.58. The molecule has 1 heterocycles. The lowest BCUT2D eigenvalue weighted by molar-refractivity contribution is -0.123. The van der Waals surface area contributed by atoms with E-state index in [1.165, 1.54) is 5.56 Å². The van der Waals surface area contributed by atoms with Crippen LogP contribution in [0.25, 0.3) is 0 Å². The van der Waals surface area contributed by atoms with Crippen LogP contribution in [0.2, 0.25) is 0 Å². The lowest BCUT2D eigenvalue weighted by Gasteiger charge is -2.08. The monoisotopic (exact) mass is 328 g/mol. The zero-order chi connectivity index (χ0) is 16.8. The summed E-state index contributed by atoms with van der Waals surface area (Å²) in [6, 6.07) is 12.2. The maximum Gasteiger partial charge on any atom is 0.258 e. The van der Waals surface area contributed by atoms with Crippen LogP contribution in [0.15, 0.2) is 40.8 Å². The van der Waals surface area contributed by atoms with Crippen LogP contribution >= 0.6 is 0 Å². The van der Waals surface area contributed by atoms with E-state index in [2.05, 4.69) is 10.6 Å². The highest BCUT2D eigenvalue weighted by molar-refractivity contribution is 5.78. The molecule has 1 amide bonds. The molecule has 0 bridgehead atoms.